The number of nitrogens with zero attached hydrogens (tertiary/aromatic N) is 1. The summed E-state index contributed by atoms with van der Waals surface area (Å²) in [6, 6.07) is 0. The first-order valence-corrected chi connectivity index (χ1v) is 3.89. The lowest BCUT2D eigenvalue weighted by Gasteiger charge is -2.11. The van der Waals surface area contributed by atoms with Crippen LogP contribution >= 0.6 is 11.6 Å². The molecule has 0 radical (unpaired) electrons. The minimum absolute atomic E-state index is 0.444. The lowest BCUT2D eigenvalue weighted by molar-refractivity contribution is 0.214. The van der Waals surface area contributed by atoms with Crippen LogP contribution in [0.15, 0.2) is 16.8 Å². The monoisotopic (exact) mass is 174 g/mol. The van der Waals surface area contributed by atoms with E-state index in [2.05, 4.69) is 21.4 Å². The Labute approximate surface area is 71.0 Å². The lowest BCUT2D eigenvalue weighted by atomic mass is 10.2. The highest BCUT2D eigenvalue weighted by molar-refractivity contribution is 6.69. The molecular weight excluding hydrogens is 164 g/mol. The molecule has 0 amide bonds. The zero-order chi connectivity index (χ0) is 8.10. The largest absolute Gasteiger partial charge is 0.398 e. The van der Waals surface area contributed by atoms with Gasteiger partial charge in [-0.25, -0.2) is 0 Å². The van der Waals surface area contributed by atoms with Gasteiger partial charge in [0.15, 0.2) is 5.17 Å². The summed E-state index contributed by atoms with van der Waals surface area (Å²) in [7, 11) is 1.49. The summed E-state index contributed by atoms with van der Waals surface area (Å²) in [5.74, 6) is 0. The van der Waals surface area contributed by atoms with Crippen molar-refractivity contribution in [1.82, 2.24) is 5.32 Å². The number of hydrogen-bond acceptors (Lipinski definition) is 3. The summed E-state index contributed by atoms with van der Waals surface area (Å²) in [4.78, 5) is 4.54. The van der Waals surface area contributed by atoms with E-state index in [9.17, 15) is 0 Å². The van der Waals surface area contributed by atoms with Crippen LogP contribution in [0, 0.1) is 0 Å². The summed E-state index contributed by atoms with van der Waals surface area (Å²) in [5, 5.41) is 7.25. The molecule has 0 saturated carbocycles. The molecule has 1 aliphatic rings. The molecule has 0 aliphatic carbocycles. The summed E-state index contributed by atoms with van der Waals surface area (Å²) < 4.78 is 0. The van der Waals surface area contributed by atoms with Gasteiger partial charge in [0.2, 0.25) is 0 Å². The predicted molar refractivity (Wildman–Crippen MR) is 45.9 cm³/mol. The second-order valence-electron chi connectivity index (χ2n) is 2.26. The second-order valence-corrected chi connectivity index (χ2v) is 2.62. The van der Waals surface area contributed by atoms with Gasteiger partial charge in [0, 0.05) is 12.1 Å². The molecule has 0 bridgehead atoms. The molecule has 0 aromatic heterocycles. The van der Waals surface area contributed by atoms with Crippen LogP contribution in [-0.2, 0) is 4.84 Å². The Kier molecular flexibility index (Phi) is 3.39. The van der Waals surface area contributed by atoms with Crippen molar-refractivity contribution in [2.24, 2.45) is 5.16 Å². The van der Waals surface area contributed by atoms with Gasteiger partial charge >= 0.3 is 0 Å². The Balaban J connectivity index is 2.58. The Morgan fingerprint density at radius 1 is 1.82 bits per heavy atom. The van der Waals surface area contributed by atoms with Crippen molar-refractivity contribution in [3.05, 3.63) is 11.6 Å². The first kappa shape index (κ1) is 8.56. The number of nitrogens with one attached hydrogen (secondary N) is 1. The van der Waals surface area contributed by atoms with Gasteiger partial charge < -0.3 is 10.2 Å². The zero-order valence-corrected chi connectivity index (χ0v) is 7.19. The Hall–Kier alpha value is -0.540. The minimum atomic E-state index is 0.444. The zero-order valence-electron chi connectivity index (χ0n) is 6.43. The van der Waals surface area contributed by atoms with E-state index in [1.54, 1.807) is 0 Å². The van der Waals surface area contributed by atoms with Gasteiger partial charge in [-0.15, -0.1) is 0 Å². The molecule has 0 saturated heterocycles. The maximum absolute atomic E-state index is 5.78. The molecule has 0 fully saturated rings. The van der Waals surface area contributed by atoms with E-state index >= 15 is 0 Å². The number of rotatable bonds is 2. The highest BCUT2D eigenvalue weighted by atomic mass is 35.5. The third-order valence-electron chi connectivity index (χ3n) is 1.46. The topological polar surface area (TPSA) is 33.6 Å². The molecule has 1 heterocycles. The fourth-order valence-electron chi connectivity index (χ4n) is 0.940. The summed E-state index contributed by atoms with van der Waals surface area (Å²) in [6.07, 6.45) is 3.08. The van der Waals surface area contributed by atoms with Crippen molar-refractivity contribution in [2.75, 3.05) is 20.2 Å². The van der Waals surface area contributed by atoms with Gasteiger partial charge in [-0.05, 0) is 13.0 Å². The molecule has 4 heteroatoms. The van der Waals surface area contributed by atoms with Gasteiger partial charge in [0.05, 0.1) is 0 Å². The molecule has 62 valence electrons. The Morgan fingerprint density at radius 2 is 2.64 bits per heavy atom. The second kappa shape index (κ2) is 4.36. The van der Waals surface area contributed by atoms with Gasteiger partial charge in [-0.3, -0.25) is 0 Å². The van der Waals surface area contributed by atoms with E-state index in [0.29, 0.717) is 5.17 Å². The summed E-state index contributed by atoms with van der Waals surface area (Å²) in [6.45, 7) is 1.80. The van der Waals surface area contributed by atoms with Crippen LogP contribution in [-0.4, -0.2) is 25.4 Å². The third-order valence-corrected chi connectivity index (χ3v) is 1.78. The fourth-order valence-corrected chi connectivity index (χ4v) is 1.15. The van der Waals surface area contributed by atoms with E-state index in [1.807, 2.05) is 0 Å². The molecule has 0 aromatic carbocycles. The molecule has 0 atom stereocenters. The average Bonchev–Trinajstić information content (AvgIpc) is 2.07. The fraction of sp³-hybridized carbons (Fsp3) is 0.571. The number of hydrogen-bond donors (Lipinski definition) is 1. The molecule has 0 spiro atoms. The highest BCUT2D eigenvalue weighted by Gasteiger charge is 2.07. The van der Waals surface area contributed by atoms with Crippen molar-refractivity contribution in [3.8, 4) is 0 Å². The molecule has 1 aliphatic heterocycles. The van der Waals surface area contributed by atoms with Crippen LogP contribution in [0.25, 0.3) is 0 Å². The molecule has 0 unspecified atom stereocenters. The van der Waals surface area contributed by atoms with Gasteiger partial charge in [0.25, 0.3) is 0 Å². The van der Waals surface area contributed by atoms with E-state index < -0.39 is 0 Å². The summed E-state index contributed by atoms with van der Waals surface area (Å²) >= 11 is 5.78. The van der Waals surface area contributed by atoms with Crippen molar-refractivity contribution in [1.29, 1.82) is 0 Å². The maximum atomic E-state index is 5.78. The van der Waals surface area contributed by atoms with Crippen molar-refractivity contribution in [3.63, 3.8) is 0 Å². The molecular formula is C7H11ClN2O. The molecule has 1 rings (SSSR count). The van der Waals surface area contributed by atoms with E-state index in [1.165, 1.54) is 7.11 Å². The SMILES string of the molecule is CON=C(Cl)C1=CCCNC1. The van der Waals surface area contributed by atoms with Crippen molar-refractivity contribution in [2.45, 2.75) is 6.42 Å². The van der Waals surface area contributed by atoms with E-state index in [-0.39, 0.29) is 0 Å². The van der Waals surface area contributed by atoms with Crippen LogP contribution < -0.4 is 5.32 Å². The average molecular weight is 175 g/mol. The van der Waals surface area contributed by atoms with Gasteiger partial charge in [-0.2, -0.15) is 0 Å². The first-order chi connectivity index (χ1) is 5.34. The summed E-state index contributed by atoms with van der Waals surface area (Å²) in [5.41, 5.74) is 1.01. The van der Waals surface area contributed by atoms with Crippen LogP contribution in [0.5, 0.6) is 0 Å². The Bertz CT molecular complexity index is 189. The quantitative estimate of drug-likeness (QED) is 0.503. The number of oxime groups is 1. The highest BCUT2D eigenvalue weighted by Crippen LogP contribution is 2.06. The van der Waals surface area contributed by atoms with Crippen LogP contribution in [0.3, 0.4) is 0 Å². The van der Waals surface area contributed by atoms with Gasteiger partial charge in [0.1, 0.15) is 7.11 Å². The Morgan fingerprint density at radius 3 is 3.18 bits per heavy atom. The minimum Gasteiger partial charge on any atom is -0.398 e. The third kappa shape index (κ3) is 2.52. The normalized spacial score (nSPS) is 19.5. The lowest BCUT2D eigenvalue weighted by Crippen LogP contribution is -2.24. The van der Waals surface area contributed by atoms with E-state index in [0.717, 1.165) is 25.1 Å². The van der Waals surface area contributed by atoms with Gasteiger partial charge in [-0.1, -0.05) is 22.8 Å². The smallest absolute Gasteiger partial charge is 0.172 e. The standard InChI is InChI=1S/C7H11ClN2O/c1-11-10-7(8)6-3-2-4-9-5-6/h3,9H,2,4-5H2,1H3. The van der Waals surface area contributed by atoms with Crippen LogP contribution in [0.2, 0.25) is 0 Å². The number of halogens is 1. The van der Waals surface area contributed by atoms with Crippen molar-refractivity contribution >= 4 is 16.8 Å². The molecule has 3 nitrogen and oxygen atoms in total. The molecule has 0 aromatic rings. The first-order valence-electron chi connectivity index (χ1n) is 3.51. The van der Waals surface area contributed by atoms with E-state index in [4.69, 9.17) is 11.6 Å². The van der Waals surface area contributed by atoms with Crippen LogP contribution in [0.1, 0.15) is 6.42 Å². The maximum Gasteiger partial charge on any atom is 0.172 e. The van der Waals surface area contributed by atoms with Crippen molar-refractivity contribution < 1.29 is 4.84 Å². The predicted octanol–water partition coefficient (Wildman–Crippen LogP) is 1.10. The molecule has 11 heavy (non-hydrogen) atoms. The van der Waals surface area contributed by atoms with Crippen LogP contribution in [0.4, 0.5) is 0 Å². The molecule has 1 N–H and O–H groups in total.